The first-order chi connectivity index (χ1) is 23.6. The number of carboxylic acid groups (broad SMARTS) is 1. The molecular weight excluding hydrogens is 652 g/mol. The molecule has 1 aromatic rings. The van der Waals surface area contributed by atoms with Crippen LogP contribution in [0.3, 0.4) is 0 Å². The number of rotatable bonds is 13. The topological polar surface area (TPSA) is 229 Å². The van der Waals surface area contributed by atoms with Gasteiger partial charge in [-0.25, -0.2) is 9.59 Å². The maximum atomic E-state index is 13.4. The second kappa shape index (κ2) is 17.7. The Hall–Kier alpha value is -2.32. The molecule has 0 aromatic heterocycles. The van der Waals surface area contributed by atoms with Crippen LogP contribution in [-0.2, 0) is 42.7 Å². The molecule has 1 aromatic carbocycles. The number of methoxy groups -OCH3 is 1. The lowest BCUT2D eigenvalue weighted by Gasteiger charge is -2.47. The molecule has 0 unspecified atom stereocenters. The van der Waals surface area contributed by atoms with E-state index >= 15 is 0 Å². The maximum absolute atomic E-state index is 13.4. The highest BCUT2D eigenvalue weighted by Crippen LogP contribution is 2.35. The third kappa shape index (κ3) is 9.32. The van der Waals surface area contributed by atoms with E-state index in [0.29, 0.717) is 0 Å². The third-order valence-electron chi connectivity index (χ3n) is 9.53. The molecule has 4 aliphatic rings. The number of hydrogen-bond acceptors (Lipinski definition) is 15. The molecule has 0 radical (unpaired) electrons. The summed E-state index contributed by atoms with van der Waals surface area (Å²) in [5.74, 6) is -2.00. The van der Waals surface area contributed by atoms with E-state index in [1.807, 2.05) is 0 Å². The average Bonchev–Trinajstić information content (AvgIpc) is 3.11. The van der Waals surface area contributed by atoms with Gasteiger partial charge in [-0.1, -0.05) is 50.3 Å². The molecule has 276 valence electrons. The molecule has 13 atom stereocenters. The molecule has 1 aliphatic carbocycles. The van der Waals surface area contributed by atoms with Crippen LogP contribution in [0.2, 0.25) is 0 Å². The van der Waals surface area contributed by atoms with Gasteiger partial charge in [0.1, 0.15) is 42.7 Å². The fraction of sp³-hybridized carbons (Fsp3) is 0.758. The number of aliphatic carboxylic acids is 1. The van der Waals surface area contributed by atoms with Gasteiger partial charge in [0.25, 0.3) is 0 Å². The lowest BCUT2D eigenvalue weighted by Crippen LogP contribution is -2.64. The normalized spacial score (nSPS) is 38.1. The summed E-state index contributed by atoms with van der Waals surface area (Å²) in [7, 11) is 1.35. The monoisotopic (exact) mass is 700 g/mol. The smallest absolute Gasteiger partial charge is 0.338 e. The van der Waals surface area contributed by atoms with Crippen molar-refractivity contribution in [2.24, 2.45) is 5.92 Å². The molecule has 6 N–H and O–H groups in total. The van der Waals surface area contributed by atoms with Crippen LogP contribution in [0.1, 0.15) is 55.3 Å². The number of carboxylic acids is 1. The van der Waals surface area contributed by atoms with E-state index in [1.165, 1.54) is 19.2 Å². The van der Waals surface area contributed by atoms with Crippen molar-refractivity contribution in [1.82, 2.24) is 0 Å². The van der Waals surface area contributed by atoms with E-state index in [2.05, 4.69) is 0 Å². The molecule has 4 fully saturated rings. The van der Waals surface area contributed by atoms with E-state index in [4.69, 9.17) is 37.9 Å². The molecule has 16 nitrogen and oxygen atoms in total. The van der Waals surface area contributed by atoms with E-state index in [-0.39, 0.29) is 37.5 Å². The Morgan fingerprint density at radius 3 is 2.27 bits per heavy atom. The van der Waals surface area contributed by atoms with Crippen molar-refractivity contribution >= 4 is 11.9 Å². The minimum absolute atomic E-state index is 0.0842. The van der Waals surface area contributed by atoms with Gasteiger partial charge in [0, 0.05) is 7.11 Å². The van der Waals surface area contributed by atoms with Gasteiger partial charge in [0.05, 0.1) is 31.5 Å². The molecule has 3 saturated heterocycles. The minimum atomic E-state index is -1.64. The van der Waals surface area contributed by atoms with E-state index in [9.17, 15) is 40.2 Å². The zero-order chi connectivity index (χ0) is 35.1. The summed E-state index contributed by atoms with van der Waals surface area (Å²) < 4.78 is 46.9. The lowest BCUT2D eigenvalue weighted by atomic mass is 9.85. The van der Waals surface area contributed by atoms with Gasteiger partial charge in [-0.05, 0) is 30.9 Å². The Kier molecular flexibility index (Phi) is 13.7. The predicted molar refractivity (Wildman–Crippen MR) is 164 cm³/mol. The van der Waals surface area contributed by atoms with Crippen LogP contribution >= 0.6 is 0 Å². The van der Waals surface area contributed by atoms with Crippen LogP contribution in [-0.4, -0.2) is 149 Å². The number of ether oxygens (including phenoxy) is 8. The molecule has 0 spiro atoms. The summed E-state index contributed by atoms with van der Waals surface area (Å²) in [6, 6.07) is 7.99. The highest BCUT2D eigenvalue weighted by atomic mass is 16.8. The number of hydrogen-bond donors (Lipinski definition) is 6. The van der Waals surface area contributed by atoms with Crippen LogP contribution in [0.25, 0.3) is 0 Å². The Morgan fingerprint density at radius 1 is 0.857 bits per heavy atom. The SMILES string of the molecule is CO[C@H]1OCC[C@@H](O[C@@H]2O[C@H](CO)[C@H](O)[C@H](O[C@@H](CC3CCCCC3)C(=O)O)[C@H]2OC(=O)c2ccccc2)[C@@H]1O[C@@H]1OC[C@@H](O)[C@@H](O)[C@@H]1O. The largest absolute Gasteiger partial charge is 0.479 e. The van der Waals surface area contributed by atoms with Crippen molar-refractivity contribution in [3.8, 4) is 0 Å². The van der Waals surface area contributed by atoms with Crippen LogP contribution in [0.5, 0.6) is 0 Å². The molecule has 5 rings (SSSR count). The van der Waals surface area contributed by atoms with Gasteiger partial charge in [0.15, 0.2) is 31.1 Å². The predicted octanol–water partition coefficient (Wildman–Crippen LogP) is -0.299. The van der Waals surface area contributed by atoms with Gasteiger partial charge in [0.2, 0.25) is 0 Å². The molecule has 1 saturated carbocycles. The fourth-order valence-electron chi connectivity index (χ4n) is 6.79. The summed E-state index contributed by atoms with van der Waals surface area (Å²) in [6.07, 6.45) is -13.1. The number of carbonyl (C=O) groups excluding carboxylic acids is 1. The van der Waals surface area contributed by atoms with Crippen LogP contribution in [0.4, 0.5) is 0 Å². The quantitative estimate of drug-likeness (QED) is 0.145. The third-order valence-corrected chi connectivity index (χ3v) is 9.53. The number of carbonyl (C=O) groups is 2. The zero-order valence-electron chi connectivity index (χ0n) is 27.3. The molecule has 49 heavy (non-hydrogen) atoms. The summed E-state index contributed by atoms with van der Waals surface area (Å²) in [5, 5.41) is 62.4. The summed E-state index contributed by atoms with van der Waals surface area (Å²) >= 11 is 0. The highest BCUT2D eigenvalue weighted by molar-refractivity contribution is 5.89. The number of aliphatic hydroxyl groups excluding tert-OH is 5. The van der Waals surface area contributed by atoms with Crippen LogP contribution < -0.4 is 0 Å². The van der Waals surface area contributed by atoms with Gasteiger partial charge in [-0.15, -0.1) is 0 Å². The van der Waals surface area contributed by atoms with Gasteiger partial charge in [-0.2, -0.15) is 0 Å². The molecule has 3 aliphatic heterocycles. The molecule has 0 bridgehead atoms. The first-order valence-corrected chi connectivity index (χ1v) is 16.8. The second-order valence-corrected chi connectivity index (χ2v) is 12.9. The fourth-order valence-corrected chi connectivity index (χ4v) is 6.79. The molecule has 16 heteroatoms. The minimum Gasteiger partial charge on any atom is -0.479 e. The Balaban J connectivity index is 1.43. The summed E-state index contributed by atoms with van der Waals surface area (Å²) in [5.41, 5.74) is 0.159. The van der Waals surface area contributed by atoms with Crippen molar-refractivity contribution in [2.75, 3.05) is 26.9 Å². The Labute approximate surface area is 283 Å². The molecule has 0 amide bonds. The lowest BCUT2D eigenvalue weighted by molar-refractivity contribution is -0.364. The number of aliphatic hydroxyl groups is 5. The average molecular weight is 701 g/mol. The number of esters is 1. The van der Waals surface area contributed by atoms with Crippen molar-refractivity contribution in [1.29, 1.82) is 0 Å². The first-order valence-electron chi connectivity index (χ1n) is 16.8. The van der Waals surface area contributed by atoms with Crippen molar-refractivity contribution in [3.05, 3.63) is 35.9 Å². The first kappa shape index (κ1) is 37.9. The van der Waals surface area contributed by atoms with Gasteiger partial charge < -0.3 is 68.5 Å². The van der Waals surface area contributed by atoms with E-state index in [1.54, 1.807) is 18.2 Å². The Bertz CT molecular complexity index is 1180. The van der Waals surface area contributed by atoms with Crippen molar-refractivity contribution in [3.63, 3.8) is 0 Å². The highest BCUT2D eigenvalue weighted by Gasteiger charge is 2.53. The number of benzene rings is 1. The van der Waals surface area contributed by atoms with Crippen molar-refractivity contribution < 1.29 is 78.1 Å². The summed E-state index contributed by atoms with van der Waals surface area (Å²) in [4.78, 5) is 25.9. The molecular formula is C33H48O16. The Morgan fingerprint density at radius 2 is 1.59 bits per heavy atom. The van der Waals surface area contributed by atoms with E-state index < -0.39 is 98.5 Å². The van der Waals surface area contributed by atoms with Crippen LogP contribution in [0, 0.1) is 5.92 Å². The van der Waals surface area contributed by atoms with Crippen LogP contribution in [0.15, 0.2) is 30.3 Å². The summed E-state index contributed by atoms with van der Waals surface area (Å²) in [6.45, 7) is -0.936. The molecule has 3 heterocycles. The zero-order valence-corrected chi connectivity index (χ0v) is 27.3. The van der Waals surface area contributed by atoms with Crippen molar-refractivity contribution in [2.45, 2.75) is 125 Å². The standard InChI is InChI=1S/C33H48O16/c1-42-32-26(49-31-25(38)23(36)19(35)16-44-31)20(12-13-43-32)46-33-28(48-30(41)18-10-6-3-7-11-18)27(24(37)22(15-34)47-33)45-21(29(39)40)14-17-8-4-2-5-9-17/h3,6-7,10-11,17,19-28,31-38H,2,4-5,8-9,12-16H2,1H3,(H,39,40)/t19-,20-,21+,22-,23-,24+,25+,26+,27+,28-,31+,32+,33-/m1/s1. The van der Waals surface area contributed by atoms with E-state index in [0.717, 1.165) is 32.1 Å². The van der Waals surface area contributed by atoms with Gasteiger partial charge >= 0.3 is 11.9 Å². The maximum Gasteiger partial charge on any atom is 0.338 e. The second-order valence-electron chi connectivity index (χ2n) is 12.9. The van der Waals surface area contributed by atoms with Gasteiger partial charge in [-0.3, -0.25) is 0 Å².